The van der Waals surface area contributed by atoms with Gasteiger partial charge < -0.3 is 4.74 Å². The van der Waals surface area contributed by atoms with E-state index in [-0.39, 0.29) is 12.3 Å². The molecule has 5 heteroatoms. The van der Waals surface area contributed by atoms with E-state index in [0.29, 0.717) is 24.3 Å². The van der Waals surface area contributed by atoms with Crippen LogP contribution in [0.2, 0.25) is 0 Å². The van der Waals surface area contributed by atoms with Gasteiger partial charge in [0.25, 0.3) is 5.56 Å². The van der Waals surface area contributed by atoms with Gasteiger partial charge in [0.2, 0.25) is 0 Å². The topological polar surface area (TPSA) is 64.1 Å². The Morgan fingerprint density at radius 2 is 1.83 bits per heavy atom. The molecule has 0 fully saturated rings. The quantitative estimate of drug-likeness (QED) is 0.784. The number of ether oxygens (including phenoxy) is 1. The zero-order chi connectivity index (χ0) is 17.1. The summed E-state index contributed by atoms with van der Waals surface area (Å²) in [6, 6.07) is 14.2. The molecule has 1 heterocycles. The average Bonchev–Trinajstić information content (AvgIpc) is 2.59. The Balaban J connectivity index is 2.15. The van der Waals surface area contributed by atoms with Crippen LogP contribution in [-0.4, -0.2) is 16.2 Å². The Kier molecular flexibility index (Phi) is 4.62. The van der Waals surface area contributed by atoms with Crippen molar-refractivity contribution in [2.45, 2.75) is 27.0 Å². The second-order valence-corrected chi connectivity index (χ2v) is 5.70. The summed E-state index contributed by atoms with van der Waals surface area (Å²) in [5, 5.41) is 2.26. The Hall–Kier alpha value is -2.66. The van der Waals surface area contributed by atoms with Gasteiger partial charge in [0.05, 0.1) is 0 Å². The number of aromatic nitrogens is 2. The molecule has 0 bridgehead atoms. The normalized spacial score (nSPS) is 11.1. The number of nitrogens with one attached hydrogen (secondary N) is 1. The third-order valence-corrected chi connectivity index (χ3v) is 4.23. The molecule has 0 spiro atoms. The fraction of sp³-hybridized carbons (Fsp3) is 0.263. The number of nitrogens with zero attached hydrogens (tertiary/aromatic N) is 1. The molecule has 5 nitrogen and oxygen atoms in total. The molecule has 0 unspecified atom stereocenters. The van der Waals surface area contributed by atoms with E-state index in [2.05, 4.69) is 23.2 Å². The molecule has 0 aliphatic carbocycles. The molecule has 0 amide bonds. The highest BCUT2D eigenvalue weighted by Crippen LogP contribution is 2.21. The van der Waals surface area contributed by atoms with E-state index >= 15 is 0 Å². The molecular weight excluding hydrogens is 304 g/mol. The second kappa shape index (κ2) is 6.84. The van der Waals surface area contributed by atoms with Gasteiger partial charge in [-0.15, -0.1) is 0 Å². The molecule has 2 aromatic carbocycles. The van der Waals surface area contributed by atoms with Crippen molar-refractivity contribution < 1.29 is 4.74 Å². The lowest BCUT2D eigenvalue weighted by molar-refractivity contribution is 0.0822. The lowest BCUT2D eigenvalue weighted by Crippen LogP contribution is -2.35. The zero-order valence-electron chi connectivity index (χ0n) is 13.8. The van der Waals surface area contributed by atoms with Crippen molar-refractivity contribution in [3.63, 3.8) is 0 Å². The number of hydrogen-bond donors (Lipinski definition) is 1. The van der Waals surface area contributed by atoms with E-state index in [9.17, 15) is 9.59 Å². The molecule has 0 radical (unpaired) electrons. The van der Waals surface area contributed by atoms with Gasteiger partial charge in [-0.3, -0.25) is 14.3 Å². The van der Waals surface area contributed by atoms with E-state index in [1.54, 1.807) is 6.92 Å². The Morgan fingerprint density at radius 1 is 1.08 bits per heavy atom. The van der Waals surface area contributed by atoms with Crippen LogP contribution < -0.4 is 11.2 Å². The Bertz CT molecular complexity index is 981. The van der Waals surface area contributed by atoms with Gasteiger partial charge in [-0.1, -0.05) is 42.5 Å². The number of rotatable bonds is 5. The zero-order valence-corrected chi connectivity index (χ0v) is 13.8. The monoisotopic (exact) mass is 324 g/mol. The summed E-state index contributed by atoms with van der Waals surface area (Å²) < 4.78 is 6.90. The predicted molar refractivity (Wildman–Crippen MR) is 94.4 cm³/mol. The van der Waals surface area contributed by atoms with Crippen LogP contribution in [0.15, 0.2) is 52.1 Å². The van der Waals surface area contributed by atoms with Gasteiger partial charge in [0.1, 0.15) is 6.73 Å². The number of fused-ring (bicyclic) bond motifs is 1. The van der Waals surface area contributed by atoms with E-state index in [0.717, 1.165) is 16.3 Å². The van der Waals surface area contributed by atoms with E-state index < -0.39 is 5.69 Å². The standard InChI is InChI=1S/C19H20N2O3/c1-3-24-12-21-17(13(2)18(22)20-19(21)23)11-15-9-6-8-14-7-4-5-10-16(14)15/h4-10H,3,11-12H2,1-2H3,(H,20,22,23). The summed E-state index contributed by atoms with van der Waals surface area (Å²) >= 11 is 0. The average molecular weight is 324 g/mol. The molecule has 0 saturated heterocycles. The highest BCUT2D eigenvalue weighted by molar-refractivity contribution is 5.85. The summed E-state index contributed by atoms with van der Waals surface area (Å²) in [5.41, 5.74) is 1.53. The summed E-state index contributed by atoms with van der Waals surface area (Å²) in [6.07, 6.45) is 0.499. The molecule has 0 saturated carbocycles. The fourth-order valence-electron chi connectivity index (χ4n) is 2.89. The van der Waals surface area contributed by atoms with Gasteiger partial charge in [-0.2, -0.15) is 0 Å². The molecular formula is C19H20N2O3. The third-order valence-electron chi connectivity index (χ3n) is 4.23. The van der Waals surface area contributed by atoms with Crippen LogP contribution in [0.1, 0.15) is 23.7 Å². The fourth-order valence-corrected chi connectivity index (χ4v) is 2.89. The molecule has 3 aromatic rings. The lowest BCUT2D eigenvalue weighted by atomic mass is 9.99. The summed E-state index contributed by atoms with van der Waals surface area (Å²) in [5.74, 6) is 0. The number of hydrogen-bond acceptors (Lipinski definition) is 3. The van der Waals surface area contributed by atoms with Gasteiger partial charge in [0, 0.05) is 24.3 Å². The van der Waals surface area contributed by atoms with E-state index in [1.165, 1.54) is 4.57 Å². The van der Waals surface area contributed by atoms with Crippen molar-refractivity contribution in [2.75, 3.05) is 6.61 Å². The number of benzene rings is 2. The SMILES string of the molecule is CCOCn1c(Cc2cccc3ccccc23)c(C)c(=O)[nH]c1=O. The molecule has 1 aromatic heterocycles. The predicted octanol–water partition coefficient (Wildman–Crippen LogP) is 2.58. The van der Waals surface area contributed by atoms with Gasteiger partial charge in [0.15, 0.2) is 0 Å². The third kappa shape index (κ3) is 3.03. The van der Waals surface area contributed by atoms with Gasteiger partial charge >= 0.3 is 5.69 Å². The van der Waals surface area contributed by atoms with Crippen LogP contribution in [-0.2, 0) is 17.9 Å². The molecule has 0 aliphatic heterocycles. The van der Waals surface area contributed by atoms with Crippen molar-refractivity contribution >= 4 is 10.8 Å². The van der Waals surface area contributed by atoms with Crippen LogP contribution in [0.3, 0.4) is 0 Å². The minimum absolute atomic E-state index is 0.132. The Morgan fingerprint density at radius 3 is 2.62 bits per heavy atom. The highest BCUT2D eigenvalue weighted by Gasteiger charge is 2.13. The van der Waals surface area contributed by atoms with Crippen molar-refractivity contribution in [3.05, 3.63) is 80.1 Å². The number of aromatic amines is 1. The maximum absolute atomic E-state index is 12.2. The smallest absolute Gasteiger partial charge is 0.330 e. The lowest BCUT2D eigenvalue weighted by Gasteiger charge is -2.15. The van der Waals surface area contributed by atoms with Crippen LogP contribution in [0.4, 0.5) is 0 Å². The highest BCUT2D eigenvalue weighted by atomic mass is 16.5. The first-order valence-electron chi connectivity index (χ1n) is 7.98. The van der Waals surface area contributed by atoms with Gasteiger partial charge in [-0.05, 0) is 30.2 Å². The van der Waals surface area contributed by atoms with Crippen molar-refractivity contribution in [2.24, 2.45) is 0 Å². The molecule has 24 heavy (non-hydrogen) atoms. The van der Waals surface area contributed by atoms with E-state index in [4.69, 9.17) is 4.74 Å². The molecule has 0 atom stereocenters. The largest absolute Gasteiger partial charge is 0.361 e. The van der Waals surface area contributed by atoms with Crippen molar-refractivity contribution in [1.82, 2.24) is 9.55 Å². The summed E-state index contributed by atoms with van der Waals surface area (Å²) in [7, 11) is 0. The van der Waals surface area contributed by atoms with E-state index in [1.807, 2.05) is 31.2 Å². The van der Waals surface area contributed by atoms with Crippen molar-refractivity contribution in [1.29, 1.82) is 0 Å². The first kappa shape index (κ1) is 16.2. The van der Waals surface area contributed by atoms with Crippen LogP contribution >= 0.6 is 0 Å². The molecule has 3 rings (SSSR count). The minimum Gasteiger partial charge on any atom is -0.361 e. The summed E-state index contributed by atoms with van der Waals surface area (Å²) in [6.45, 7) is 4.24. The Labute approximate surface area is 139 Å². The van der Waals surface area contributed by atoms with Crippen LogP contribution in [0, 0.1) is 6.92 Å². The maximum Gasteiger partial charge on any atom is 0.330 e. The second-order valence-electron chi connectivity index (χ2n) is 5.70. The van der Waals surface area contributed by atoms with Gasteiger partial charge in [-0.25, -0.2) is 4.79 Å². The van der Waals surface area contributed by atoms with Crippen LogP contribution in [0.5, 0.6) is 0 Å². The first-order chi connectivity index (χ1) is 11.6. The molecule has 124 valence electrons. The van der Waals surface area contributed by atoms with Crippen LogP contribution in [0.25, 0.3) is 10.8 Å². The maximum atomic E-state index is 12.2. The summed E-state index contributed by atoms with van der Waals surface area (Å²) in [4.78, 5) is 26.6. The number of H-pyrrole nitrogens is 1. The first-order valence-corrected chi connectivity index (χ1v) is 7.98. The minimum atomic E-state index is -0.436. The molecule has 1 N–H and O–H groups in total. The molecule has 0 aliphatic rings. The van der Waals surface area contributed by atoms with Crippen molar-refractivity contribution in [3.8, 4) is 0 Å².